The minimum absolute atomic E-state index is 0.579. The quantitative estimate of drug-likeness (QED) is 0.741. The second kappa shape index (κ2) is 4.69. The van der Waals surface area contributed by atoms with Gasteiger partial charge in [-0.15, -0.1) is 20.4 Å². The van der Waals surface area contributed by atoms with Crippen molar-refractivity contribution in [3.63, 3.8) is 0 Å². The van der Waals surface area contributed by atoms with E-state index in [1.165, 1.54) is 0 Å². The second-order valence-corrected chi connectivity index (χ2v) is 3.54. The highest BCUT2D eigenvalue weighted by atomic mass is 15.3. The van der Waals surface area contributed by atoms with Gasteiger partial charge in [-0.1, -0.05) is 0 Å². The Morgan fingerprint density at radius 1 is 0.812 bits per heavy atom. The third kappa shape index (κ3) is 2.75. The molecule has 0 N–H and O–H groups in total. The average Bonchev–Trinajstić information content (AvgIpc) is 2.30. The van der Waals surface area contributed by atoms with Crippen molar-refractivity contribution in [2.75, 3.05) is 0 Å². The summed E-state index contributed by atoms with van der Waals surface area (Å²) >= 11 is 0. The van der Waals surface area contributed by atoms with E-state index in [0.29, 0.717) is 24.5 Å². The van der Waals surface area contributed by atoms with E-state index in [1.807, 2.05) is 6.92 Å². The Morgan fingerprint density at radius 2 is 1.38 bits per heavy atom. The maximum absolute atomic E-state index is 4.20. The summed E-state index contributed by atoms with van der Waals surface area (Å²) in [5, 5.41) is 15.5. The van der Waals surface area contributed by atoms with Gasteiger partial charge in [0.05, 0.1) is 0 Å². The lowest BCUT2D eigenvalue weighted by atomic mass is 10.3. The number of nitrogens with zero attached hydrogens (tertiary/aromatic N) is 6. The first-order valence-electron chi connectivity index (χ1n) is 5.04. The van der Waals surface area contributed by atoms with Gasteiger partial charge in [-0.3, -0.25) is 0 Å². The van der Waals surface area contributed by atoms with E-state index in [9.17, 15) is 0 Å². The molecule has 0 spiro atoms. The molecule has 0 aromatic carbocycles. The number of aromatic nitrogens is 6. The normalized spacial score (nSPS) is 10.4. The molecule has 0 unspecified atom stereocenters. The van der Waals surface area contributed by atoms with Crippen LogP contribution in [0.25, 0.3) is 0 Å². The highest BCUT2D eigenvalue weighted by Gasteiger charge is 2.01. The van der Waals surface area contributed by atoms with Gasteiger partial charge in [0.15, 0.2) is 11.6 Å². The van der Waals surface area contributed by atoms with E-state index in [4.69, 9.17) is 0 Å². The molecule has 0 atom stereocenters. The molecule has 6 heteroatoms. The molecule has 0 saturated heterocycles. The molecule has 0 bridgehead atoms. The molecule has 2 aromatic heterocycles. The fraction of sp³-hybridized carbons (Fsp3) is 0.400. The molecule has 82 valence electrons. The van der Waals surface area contributed by atoms with Crippen molar-refractivity contribution in [3.05, 3.63) is 35.4 Å². The molecular weight excluding hydrogens is 204 g/mol. The highest BCUT2D eigenvalue weighted by molar-refractivity contribution is 5.02. The number of hydrogen-bond acceptors (Lipinski definition) is 6. The van der Waals surface area contributed by atoms with Gasteiger partial charge in [0.25, 0.3) is 0 Å². The summed E-state index contributed by atoms with van der Waals surface area (Å²) in [4.78, 5) is 8.41. The van der Waals surface area contributed by atoms with Crippen LogP contribution in [0, 0.1) is 13.8 Å². The topological polar surface area (TPSA) is 77.3 Å². The van der Waals surface area contributed by atoms with Crippen molar-refractivity contribution in [1.82, 2.24) is 30.4 Å². The summed E-state index contributed by atoms with van der Waals surface area (Å²) < 4.78 is 0. The fourth-order valence-corrected chi connectivity index (χ4v) is 1.17. The summed E-state index contributed by atoms with van der Waals surface area (Å²) in [5.74, 6) is 1.99. The van der Waals surface area contributed by atoms with Crippen LogP contribution in [0.1, 0.15) is 23.0 Å². The molecule has 2 rings (SSSR count). The molecular formula is C10H12N6. The Kier molecular flexibility index (Phi) is 3.09. The lowest BCUT2D eigenvalue weighted by molar-refractivity contribution is 0.703. The van der Waals surface area contributed by atoms with E-state index in [1.54, 1.807) is 19.3 Å². The first-order chi connectivity index (χ1) is 7.74. The van der Waals surface area contributed by atoms with Crippen molar-refractivity contribution in [2.45, 2.75) is 26.7 Å². The summed E-state index contributed by atoms with van der Waals surface area (Å²) in [6.45, 7) is 3.72. The number of aryl methyl sites for hydroxylation is 4. The number of hydrogen-bond donors (Lipinski definition) is 0. The zero-order valence-corrected chi connectivity index (χ0v) is 9.25. The van der Waals surface area contributed by atoms with Crippen molar-refractivity contribution < 1.29 is 0 Å². The van der Waals surface area contributed by atoms with Gasteiger partial charge in [-0.05, 0) is 19.4 Å². The first-order valence-corrected chi connectivity index (χ1v) is 5.04. The zero-order valence-electron chi connectivity index (χ0n) is 9.25. The largest absolute Gasteiger partial charge is 0.241 e. The molecule has 0 saturated carbocycles. The monoisotopic (exact) mass is 216 g/mol. The SMILES string of the molecule is Cc1cnc(CCc2nnc(C)nn2)nc1. The van der Waals surface area contributed by atoms with Crippen LogP contribution < -0.4 is 0 Å². The van der Waals surface area contributed by atoms with Gasteiger partial charge in [-0.25, -0.2) is 9.97 Å². The van der Waals surface area contributed by atoms with Crippen LogP contribution >= 0.6 is 0 Å². The zero-order chi connectivity index (χ0) is 11.4. The first kappa shape index (κ1) is 10.5. The Balaban J connectivity index is 1.97. The lowest BCUT2D eigenvalue weighted by Gasteiger charge is -1.98. The minimum Gasteiger partial charge on any atom is -0.241 e. The van der Waals surface area contributed by atoms with Gasteiger partial charge in [-0.2, -0.15) is 0 Å². The van der Waals surface area contributed by atoms with Crippen LogP contribution in [-0.4, -0.2) is 30.4 Å². The maximum atomic E-state index is 4.20. The molecule has 0 radical (unpaired) electrons. The summed E-state index contributed by atoms with van der Waals surface area (Å²) in [6, 6.07) is 0. The molecule has 0 aliphatic carbocycles. The van der Waals surface area contributed by atoms with Crippen molar-refractivity contribution in [1.29, 1.82) is 0 Å². The van der Waals surface area contributed by atoms with Crippen LogP contribution in [0.3, 0.4) is 0 Å². The van der Waals surface area contributed by atoms with Crippen molar-refractivity contribution >= 4 is 0 Å². The molecule has 0 amide bonds. The molecule has 0 aliphatic rings. The molecule has 6 nitrogen and oxygen atoms in total. The Bertz CT molecular complexity index is 404. The van der Waals surface area contributed by atoms with E-state index in [0.717, 1.165) is 11.4 Å². The predicted octanol–water partition coefficient (Wildman–Crippen LogP) is 0.459. The third-order valence-corrected chi connectivity index (χ3v) is 2.03. The third-order valence-electron chi connectivity index (χ3n) is 2.03. The van der Waals surface area contributed by atoms with Crippen LogP contribution in [0.15, 0.2) is 12.4 Å². The van der Waals surface area contributed by atoms with Crippen LogP contribution in [0.2, 0.25) is 0 Å². The molecule has 0 aliphatic heterocycles. The standard InChI is InChI=1S/C10H12N6/c1-7-5-11-9(12-6-7)3-4-10-15-13-8(2)14-16-10/h5-6H,3-4H2,1-2H3. The smallest absolute Gasteiger partial charge is 0.173 e. The van der Waals surface area contributed by atoms with Gasteiger partial charge >= 0.3 is 0 Å². The van der Waals surface area contributed by atoms with E-state index >= 15 is 0 Å². The average molecular weight is 216 g/mol. The van der Waals surface area contributed by atoms with Crippen molar-refractivity contribution in [3.8, 4) is 0 Å². The molecule has 16 heavy (non-hydrogen) atoms. The Morgan fingerprint density at radius 3 is 2.00 bits per heavy atom. The second-order valence-electron chi connectivity index (χ2n) is 3.54. The van der Waals surface area contributed by atoms with Crippen molar-refractivity contribution in [2.24, 2.45) is 0 Å². The Labute approximate surface area is 93.2 Å². The van der Waals surface area contributed by atoms with Gasteiger partial charge in [0.2, 0.25) is 0 Å². The Hall–Kier alpha value is -1.98. The van der Waals surface area contributed by atoms with E-state index < -0.39 is 0 Å². The van der Waals surface area contributed by atoms with E-state index in [-0.39, 0.29) is 0 Å². The lowest BCUT2D eigenvalue weighted by Crippen LogP contribution is -2.05. The minimum atomic E-state index is 0.579. The van der Waals surface area contributed by atoms with Gasteiger partial charge < -0.3 is 0 Å². The van der Waals surface area contributed by atoms with Crippen LogP contribution in [0.5, 0.6) is 0 Å². The molecule has 0 fully saturated rings. The number of rotatable bonds is 3. The van der Waals surface area contributed by atoms with E-state index in [2.05, 4.69) is 30.4 Å². The molecule has 2 heterocycles. The maximum Gasteiger partial charge on any atom is 0.173 e. The van der Waals surface area contributed by atoms with Crippen LogP contribution in [0.4, 0.5) is 0 Å². The molecule has 2 aromatic rings. The predicted molar refractivity (Wildman–Crippen MR) is 56.5 cm³/mol. The summed E-state index contributed by atoms with van der Waals surface area (Å²) in [5.41, 5.74) is 1.05. The van der Waals surface area contributed by atoms with Gasteiger partial charge in [0.1, 0.15) is 5.82 Å². The summed E-state index contributed by atoms with van der Waals surface area (Å²) in [6.07, 6.45) is 4.96. The van der Waals surface area contributed by atoms with Gasteiger partial charge in [0, 0.05) is 25.2 Å². The fourth-order valence-electron chi connectivity index (χ4n) is 1.17. The van der Waals surface area contributed by atoms with Crippen LogP contribution in [-0.2, 0) is 12.8 Å². The highest BCUT2D eigenvalue weighted by Crippen LogP contribution is 1.98. The summed E-state index contributed by atoms with van der Waals surface area (Å²) in [7, 11) is 0.